The summed E-state index contributed by atoms with van der Waals surface area (Å²) in [5, 5.41) is 11.4. The van der Waals surface area contributed by atoms with E-state index in [2.05, 4.69) is 9.97 Å². The van der Waals surface area contributed by atoms with Gasteiger partial charge in [0.2, 0.25) is 5.88 Å². The van der Waals surface area contributed by atoms with Crippen LogP contribution in [-0.4, -0.2) is 24.6 Å². The molecule has 1 N–H and O–H groups in total. The van der Waals surface area contributed by atoms with Crippen LogP contribution < -0.4 is 4.74 Å². The van der Waals surface area contributed by atoms with Gasteiger partial charge in [-0.15, -0.1) is 0 Å². The maximum atomic E-state index is 11.4. The molecule has 6 nitrogen and oxygen atoms in total. The quantitative estimate of drug-likeness (QED) is 0.314. The van der Waals surface area contributed by atoms with Gasteiger partial charge in [-0.25, -0.2) is 9.97 Å². The molecule has 0 aliphatic carbocycles. The number of imidazole rings is 1. The van der Waals surface area contributed by atoms with E-state index in [1.165, 1.54) is 0 Å². The van der Waals surface area contributed by atoms with E-state index in [0.29, 0.717) is 34.4 Å². The van der Waals surface area contributed by atoms with Gasteiger partial charge in [0.15, 0.2) is 0 Å². The van der Waals surface area contributed by atoms with E-state index < -0.39 is 0 Å². The van der Waals surface area contributed by atoms with Gasteiger partial charge < -0.3 is 9.84 Å². The third-order valence-electron chi connectivity index (χ3n) is 5.71. The Labute approximate surface area is 201 Å². The smallest absolute Gasteiger partial charge is 0.219 e. The van der Waals surface area contributed by atoms with Crippen molar-refractivity contribution in [3.63, 3.8) is 0 Å². The van der Waals surface area contributed by atoms with Gasteiger partial charge in [-0.1, -0.05) is 48.5 Å². The zero-order valence-electron chi connectivity index (χ0n) is 18.6. The first-order valence-corrected chi connectivity index (χ1v) is 11.2. The minimum atomic E-state index is 0.124. The fourth-order valence-electron chi connectivity index (χ4n) is 4.11. The number of hydrogen-bond acceptors (Lipinski definition) is 5. The minimum Gasteiger partial charge on any atom is -0.505 e. The summed E-state index contributed by atoms with van der Waals surface area (Å²) in [6, 6.07) is 32.4. The Morgan fingerprint density at radius 1 is 0.714 bits per heavy atom. The maximum Gasteiger partial charge on any atom is 0.219 e. The van der Waals surface area contributed by atoms with Crippen LogP contribution in [0.2, 0.25) is 0 Å². The lowest BCUT2D eigenvalue weighted by Gasteiger charge is -2.14. The van der Waals surface area contributed by atoms with Crippen molar-refractivity contribution in [3.8, 4) is 45.7 Å². The van der Waals surface area contributed by atoms with E-state index in [4.69, 9.17) is 9.72 Å². The number of aromatic hydroxyl groups is 1. The standard InChI is InChI=1S/C29H20N4O2/c34-28-22(23-12-4-6-17-30-23)11-8-13-25(28)33-26-19-21(35-27-14-5-7-18-31-27)15-16-24(26)32-29(33)20-9-2-1-3-10-20/h1-19,34H. The molecular weight excluding hydrogens is 436 g/mol. The highest BCUT2D eigenvalue weighted by atomic mass is 16.5. The van der Waals surface area contributed by atoms with Gasteiger partial charge in [-0.3, -0.25) is 9.55 Å². The van der Waals surface area contributed by atoms with Crippen LogP contribution in [0.25, 0.3) is 39.4 Å². The highest BCUT2D eigenvalue weighted by molar-refractivity contribution is 5.86. The Morgan fingerprint density at radius 3 is 2.29 bits per heavy atom. The Bertz CT molecular complexity index is 1620. The molecule has 0 unspecified atom stereocenters. The normalized spacial score (nSPS) is 11.0. The highest BCUT2D eigenvalue weighted by Gasteiger charge is 2.19. The molecule has 6 rings (SSSR count). The SMILES string of the molecule is Oc1c(-c2ccccn2)cccc1-n1c(-c2ccccc2)nc2ccc(Oc3ccccn3)cc21. The predicted molar refractivity (Wildman–Crippen MR) is 136 cm³/mol. The molecule has 0 atom stereocenters. The van der Waals surface area contributed by atoms with Crippen molar-refractivity contribution in [1.82, 2.24) is 19.5 Å². The third kappa shape index (κ3) is 3.87. The number of phenolic OH excluding ortho intramolecular Hbond substituents is 1. The molecular formula is C29H20N4O2. The molecule has 0 bridgehead atoms. The van der Waals surface area contributed by atoms with Crippen molar-refractivity contribution in [1.29, 1.82) is 0 Å². The van der Waals surface area contributed by atoms with E-state index >= 15 is 0 Å². The van der Waals surface area contributed by atoms with Gasteiger partial charge in [-0.2, -0.15) is 0 Å². The number of benzene rings is 3. The second-order valence-corrected chi connectivity index (χ2v) is 7.95. The van der Waals surface area contributed by atoms with Gasteiger partial charge >= 0.3 is 0 Å². The first kappa shape index (κ1) is 20.6. The molecule has 35 heavy (non-hydrogen) atoms. The largest absolute Gasteiger partial charge is 0.505 e. The number of aromatic nitrogens is 4. The van der Waals surface area contributed by atoms with Gasteiger partial charge in [0.05, 0.1) is 22.4 Å². The van der Waals surface area contributed by atoms with Crippen LogP contribution in [0.5, 0.6) is 17.4 Å². The van der Waals surface area contributed by atoms with E-state index in [0.717, 1.165) is 16.6 Å². The van der Waals surface area contributed by atoms with Crippen molar-refractivity contribution in [2.75, 3.05) is 0 Å². The van der Waals surface area contributed by atoms with Gasteiger partial charge in [-0.05, 0) is 42.5 Å². The molecule has 0 spiro atoms. The number of pyridine rings is 2. The average molecular weight is 457 g/mol. The average Bonchev–Trinajstić information content (AvgIpc) is 3.29. The van der Waals surface area contributed by atoms with Crippen LogP contribution in [0.4, 0.5) is 0 Å². The molecule has 0 saturated carbocycles. The van der Waals surface area contributed by atoms with E-state index in [-0.39, 0.29) is 5.75 Å². The van der Waals surface area contributed by atoms with Crippen molar-refractivity contribution in [2.45, 2.75) is 0 Å². The first-order chi connectivity index (χ1) is 17.3. The molecule has 0 fully saturated rings. The van der Waals surface area contributed by atoms with E-state index in [9.17, 15) is 5.11 Å². The Kier molecular flexibility index (Phi) is 5.16. The van der Waals surface area contributed by atoms with Crippen LogP contribution in [0.1, 0.15) is 0 Å². The number of hydrogen-bond donors (Lipinski definition) is 1. The molecule has 0 aliphatic heterocycles. The van der Waals surface area contributed by atoms with Crippen LogP contribution in [0, 0.1) is 0 Å². The summed E-state index contributed by atoms with van der Waals surface area (Å²) in [4.78, 5) is 13.6. The second-order valence-electron chi connectivity index (χ2n) is 7.95. The Hall–Kier alpha value is -4.97. The molecule has 6 heteroatoms. The van der Waals surface area contributed by atoms with Crippen molar-refractivity contribution >= 4 is 11.0 Å². The molecule has 3 aromatic heterocycles. The summed E-state index contributed by atoms with van der Waals surface area (Å²) < 4.78 is 7.95. The molecule has 0 aliphatic rings. The topological polar surface area (TPSA) is 73.1 Å². The summed E-state index contributed by atoms with van der Waals surface area (Å²) in [5.41, 5.74) is 4.44. The molecule has 6 aromatic rings. The monoisotopic (exact) mass is 456 g/mol. The van der Waals surface area contributed by atoms with Gasteiger partial charge in [0.1, 0.15) is 17.3 Å². The Balaban J connectivity index is 1.58. The fraction of sp³-hybridized carbons (Fsp3) is 0. The molecule has 3 heterocycles. The van der Waals surface area contributed by atoms with E-state index in [1.807, 2.05) is 102 Å². The zero-order valence-corrected chi connectivity index (χ0v) is 18.6. The maximum absolute atomic E-state index is 11.4. The van der Waals surface area contributed by atoms with Crippen LogP contribution in [0.3, 0.4) is 0 Å². The molecule has 0 radical (unpaired) electrons. The minimum absolute atomic E-state index is 0.124. The number of para-hydroxylation sites is 1. The number of phenols is 1. The predicted octanol–water partition coefficient (Wildman–Crippen LogP) is 6.65. The highest BCUT2D eigenvalue weighted by Crippen LogP contribution is 2.38. The lowest BCUT2D eigenvalue weighted by Crippen LogP contribution is -1.99. The van der Waals surface area contributed by atoms with Crippen LogP contribution in [-0.2, 0) is 0 Å². The summed E-state index contributed by atoms with van der Waals surface area (Å²) in [5.74, 6) is 1.96. The summed E-state index contributed by atoms with van der Waals surface area (Å²) >= 11 is 0. The van der Waals surface area contributed by atoms with Crippen molar-refractivity contribution in [3.05, 3.63) is 116 Å². The van der Waals surface area contributed by atoms with Crippen LogP contribution >= 0.6 is 0 Å². The molecule has 0 saturated heterocycles. The molecule has 168 valence electrons. The van der Waals surface area contributed by atoms with Crippen molar-refractivity contribution < 1.29 is 9.84 Å². The van der Waals surface area contributed by atoms with Gasteiger partial charge in [0.25, 0.3) is 0 Å². The molecule has 3 aromatic carbocycles. The lowest BCUT2D eigenvalue weighted by atomic mass is 10.1. The fourth-order valence-corrected chi connectivity index (χ4v) is 4.11. The Morgan fingerprint density at radius 2 is 1.51 bits per heavy atom. The lowest BCUT2D eigenvalue weighted by molar-refractivity contribution is 0.463. The summed E-state index contributed by atoms with van der Waals surface area (Å²) in [6.07, 6.45) is 3.40. The third-order valence-corrected chi connectivity index (χ3v) is 5.71. The second kappa shape index (κ2) is 8.76. The number of rotatable bonds is 5. The summed E-state index contributed by atoms with van der Waals surface area (Å²) in [6.45, 7) is 0. The van der Waals surface area contributed by atoms with Gasteiger partial charge in [0, 0.05) is 35.7 Å². The first-order valence-electron chi connectivity index (χ1n) is 11.2. The van der Waals surface area contributed by atoms with Crippen molar-refractivity contribution in [2.24, 2.45) is 0 Å². The number of ether oxygens (including phenoxy) is 1. The summed E-state index contributed by atoms with van der Waals surface area (Å²) in [7, 11) is 0. The van der Waals surface area contributed by atoms with E-state index in [1.54, 1.807) is 18.5 Å². The number of nitrogens with zero attached hydrogens (tertiary/aromatic N) is 4. The zero-order chi connectivity index (χ0) is 23.6. The molecule has 0 amide bonds. The van der Waals surface area contributed by atoms with Crippen LogP contribution in [0.15, 0.2) is 116 Å². The number of fused-ring (bicyclic) bond motifs is 1.